The van der Waals surface area contributed by atoms with Crippen molar-refractivity contribution >= 4 is 11.8 Å². The molecule has 0 aromatic carbocycles. The third-order valence-electron chi connectivity index (χ3n) is 2.51. The zero-order valence-electron chi connectivity index (χ0n) is 10.9. The van der Waals surface area contributed by atoms with Crippen LogP contribution in [0.15, 0.2) is 18.3 Å². The number of aromatic nitrogens is 1. The molecular formula is C13H20N2O2. The van der Waals surface area contributed by atoms with Crippen molar-refractivity contribution < 1.29 is 9.53 Å². The highest BCUT2D eigenvalue weighted by atomic mass is 16.5. The van der Waals surface area contributed by atoms with Gasteiger partial charge in [-0.2, -0.15) is 0 Å². The fourth-order valence-electron chi connectivity index (χ4n) is 1.63. The maximum atomic E-state index is 11.7. The van der Waals surface area contributed by atoms with Crippen molar-refractivity contribution in [2.24, 2.45) is 5.92 Å². The first-order chi connectivity index (χ1) is 8.04. The SMILES string of the molecule is COC(=O)C(CC(C)C)Nc1ncccc1C. The quantitative estimate of drug-likeness (QED) is 0.797. The predicted octanol–water partition coefficient (Wildman–Crippen LogP) is 2.39. The molecule has 0 spiro atoms. The van der Waals surface area contributed by atoms with Gasteiger partial charge in [0.25, 0.3) is 0 Å². The molecule has 0 bridgehead atoms. The van der Waals surface area contributed by atoms with Gasteiger partial charge in [-0.3, -0.25) is 0 Å². The molecule has 0 amide bonds. The molecular weight excluding hydrogens is 216 g/mol. The molecule has 4 heteroatoms. The third kappa shape index (κ3) is 4.06. The van der Waals surface area contributed by atoms with Crippen LogP contribution in [0.25, 0.3) is 0 Å². The molecule has 4 nitrogen and oxygen atoms in total. The molecule has 1 aromatic rings. The topological polar surface area (TPSA) is 51.2 Å². The molecule has 1 unspecified atom stereocenters. The smallest absolute Gasteiger partial charge is 0.328 e. The number of pyridine rings is 1. The van der Waals surface area contributed by atoms with Crippen LogP contribution < -0.4 is 5.32 Å². The normalized spacial score (nSPS) is 12.3. The molecule has 0 radical (unpaired) electrons. The fourth-order valence-corrected chi connectivity index (χ4v) is 1.63. The average molecular weight is 236 g/mol. The van der Waals surface area contributed by atoms with Crippen molar-refractivity contribution in [1.82, 2.24) is 4.98 Å². The van der Waals surface area contributed by atoms with Gasteiger partial charge in [0.2, 0.25) is 0 Å². The van der Waals surface area contributed by atoms with Crippen molar-refractivity contribution in [2.45, 2.75) is 33.2 Å². The standard InChI is InChI=1S/C13H20N2O2/c1-9(2)8-11(13(16)17-4)15-12-10(3)6-5-7-14-12/h5-7,9,11H,8H2,1-4H3,(H,14,15). The molecule has 1 aromatic heterocycles. The number of anilines is 1. The van der Waals surface area contributed by atoms with Gasteiger partial charge in [-0.15, -0.1) is 0 Å². The summed E-state index contributed by atoms with van der Waals surface area (Å²) in [6, 6.07) is 3.49. The number of methoxy groups -OCH3 is 1. The lowest BCUT2D eigenvalue weighted by Gasteiger charge is -2.19. The first-order valence-corrected chi connectivity index (χ1v) is 5.80. The zero-order valence-corrected chi connectivity index (χ0v) is 10.9. The number of aryl methyl sites for hydroxylation is 1. The van der Waals surface area contributed by atoms with Crippen molar-refractivity contribution in [3.63, 3.8) is 0 Å². The van der Waals surface area contributed by atoms with Crippen LogP contribution in [0.4, 0.5) is 5.82 Å². The van der Waals surface area contributed by atoms with Crippen molar-refractivity contribution in [3.05, 3.63) is 23.9 Å². The van der Waals surface area contributed by atoms with Crippen LogP contribution in [0.1, 0.15) is 25.8 Å². The molecule has 0 saturated carbocycles. The molecule has 1 rings (SSSR count). The Hall–Kier alpha value is -1.58. The summed E-state index contributed by atoms with van der Waals surface area (Å²) in [6.45, 7) is 6.10. The van der Waals surface area contributed by atoms with E-state index in [0.29, 0.717) is 5.92 Å². The summed E-state index contributed by atoms with van der Waals surface area (Å²) < 4.78 is 4.80. The number of hydrogen-bond donors (Lipinski definition) is 1. The molecule has 0 fully saturated rings. The summed E-state index contributed by atoms with van der Waals surface area (Å²) in [7, 11) is 1.41. The van der Waals surface area contributed by atoms with E-state index in [4.69, 9.17) is 4.74 Å². The van der Waals surface area contributed by atoms with Crippen LogP contribution in [0.5, 0.6) is 0 Å². The highest BCUT2D eigenvalue weighted by molar-refractivity contribution is 5.79. The second kappa shape index (κ2) is 6.23. The Balaban J connectivity index is 2.79. The maximum Gasteiger partial charge on any atom is 0.328 e. The Morgan fingerprint density at radius 3 is 2.76 bits per heavy atom. The Labute approximate surface area is 102 Å². The highest BCUT2D eigenvalue weighted by Crippen LogP contribution is 2.15. The minimum absolute atomic E-state index is 0.247. The van der Waals surface area contributed by atoms with Crippen LogP contribution in [0.3, 0.4) is 0 Å². The van der Waals surface area contributed by atoms with Gasteiger partial charge in [0, 0.05) is 6.20 Å². The largest absolute Gasteiger partial charge is 0.467 e. The summed E-state index contributed by atoms with van der Waals surface area (Å²) in [5.74, 6) is 0.905. The molecule has 1 N–H and O–H groups in total. The summed E-state index contributed by atoms with van der Waals surface area (Å²) >= 11 is 0. The van der Waals surface area contributed by atoms with Gasteiger partial charge >= 0.3 is 5.97 Å². The predicted molar refractivity (Wildman–Crippen MR) is 67.9 cm³/mol. The first-order valence-electron chi connectivity index (χ1n) is 5.80. The molecule has 0 aliphatic heterocycles. The second-order valence-electron chi connectivity index (χ2n) is 4.52. The highest BCUT2D eigenvalue weighted by Gasteiger charge is 2.21. The van der Waals surface area contributed by atoms with Gasteiger partial charge < -0.3 is 10.1 Å². The lowest BCUT2D eigenvalue weighted by molar-refractivity contribution is -0.141. The fraction of sp³-hybridized carbons (Fsp3) is 0.538. The molecule has 1 heterocycles. The van der Waals surface area contributed by atoms with E-state index >= 15 is 0 Å². The number of hydrogen-bond acceptors (Lipinski definition) is 4. The van der Waals surface area contributed by atoms with Crippen LogP contribution in [0, 0.1) is 12.8 Å². The average Bonchev–Trinajstić information content (AvgIpc) is 2.29. The van der Waals surface area contributed by atoms with Gasteiger partial charge in [-0.1, -0.05) is 19.9 Å². The van der Waals surface area contributed by atoms with Crippen LogP contribution in [-0.4, -0.2) is 24.1 Å². The van der Waals surface area contributed by atoms with Crippen LogP contribution in [0.2, 0.25) is 0 Å². The Morgan fingerprint density at radius 2 is 2.24 bits per heavy atom. The molecule has 94 valence electrons. The van der Waals surface area contributed by atoms with E-state index in [9.17, 15) is 4.79 Å². The minimum atomic E-state index is -0.339. The molecule has 0 saturated heterocycles. The molecule has 1 atom stereocenters. The number of carbonyl (C=O) groups excluding carboxylic acids is 1. The Morgan fingerprint density at radius 1 is 1.53 bits per heavy atom. The number of nitrogens with one attached hydrogen (secondary N) is 1. The second-order valence-corrected chi connectivity index (χ2v) is 4.52. The lowest BCUT2D eigenvalue weighted by atomic mass is 10.0. The van der Waals surface area contributed by atoms with Crippen LogP contribution in [-0.2, 0) is 9.53 Å². The summed E-state index contributed by atoms with van der Waals surface area (Å²) in [5, 5.41) is 3.14. The number of esters is 1. The van der Waals surface area contributed by atoms with Gasteiger partial charge in [0.05, 0.1) is 7.11 Å². The van der Waals surface area contributed by atoms with E-state index < -0.39 is 0 Å². The van der Waals surface area contributed by atoms with Crippen molar-refractivity contribution in [2.75, 3.05) is 12.4 Å². The van der Waals surface area contributed by atoms with E-state index in [1.165, 1.54) is 7.11 Å². The Bertz CT molecular complexity index is 377. The van der Waals surface area contributed by atoms with Crippen LogP contribution >= 0.6 is 0 Å². The van der Waals surface area contributed by atoms with E-state index in [0.717, 1.165) is 17.8 Å². The van der Waals surface area contributed by atoms with Crippen molar-refractivity contribution in [1.29, 1.82) is 0 Å². The van der Waals surface area contributed by atoms with Gasteiger partial charge in [0.1, 0.15) is 11.9 Å². The Kier molecular flexibility index (Phi) is 4.94. The van der Waals surface area contributed by atoms with E-state index in [2.05, 4.69) is 24.1 Å². The lowest BCUT2D eigenvalue weighted by Crippen LogP contribution is -2.32. The van der Waals surface area contributed by atoms with E-state index in [-0.39, 0.29) is 12.0 Å². The first kappa shape index (κ1) is 13.5. The summed E-state index contributed by atoms with van der Waals surface area (Å²) in [5.41, 5.74) is 1.02. The van der Waals surface area contributed by atoms with Gasteiger partial charge in [-0.05, 0) is 30.9 Å². The van der Waals surface area contributed by atoms with E-state index in [1.807, 2.05) is 19.1 Å². The zero-order chi connectivity index (χ0) is 12.8. The third-order valence-corrected chi connectivity index (χ3v) is 2.51. The monoisotopic (exact) mass is 236 g/mol. The molecule has 0 aliphatic carbocycles. The number of ether oxygens (including phenoxy) is 1. The number of nitrogens with zero attached hydrogens (tertiary/aromatic N) is 1. The number of carbonyl (C=O) groups is 1. The van der Waals surface area contributed by atoms with Crippen molar-refractivity contribution in [3.8, 4) is 0 Å². The summed E-state index contributed by atoms with van der Waals surface area (Å²) in [6.07, 6.45) is 2.43. The maximum absolute atomic E-state index is 11.7. The van der Waals surface area contributed by atoms with Gasteiger partial charge in [0.15, 0.2) is 0 Å². The molecule has 17 heavy (non-hydrogen) atoms. The van der Waals surface area contributed by atoms with E-state index in [1.54, 1.807) is 6.20 Å². The molecule has 0 aliphatic rings. The minimum Gasteiger partial charge on any atom is -0.467 e. The summed E-state index contributed by atoms with van der Waals surface area (Å²) in [4.78, 5) is 15.9. The number of rotatable bonds is 5. The van der Waals surface area contributed by atoms with Gasteiger partial charge in [-0.25, -0.2) is 9.78 Å².